The zero-order chi connectivity index (χ0) is 28.6. The van der Waals surface area contributed by atoms with Gasteiger partial charge in [-0.2, -0.15) is 5.10 Å². The number of benzene rings is 1. The van der Waals surface area contributed by atoms with Crippen LogP contribution in [0, 0.1) is 27.9 Å². The van der Waals surface area contributed by atoms with Crippen LogP contribution in [0.15, 0.2) is 36.5 Å². The summed E-state index contributed by atoms with van der Waals surface area (Å²) in [5, 5.41) is 9.14. The maximum Gasteiger partial charge on any atom is 0.225 e. The standard InChI is InChI=1S/C30H32F2N6O2S/c1-27-16-19-18-15-22(24-20(31)5-4-6-21(24)32)35-36-25(18)29(17-28(27,2)30(19,27)29)23-7-8-33-26(34-23)38-11-9-37(10-12-38)13-14-41(3,39)40/h4-8,15,19H,9-14,16-17H2,1-3H3/t19-,27?,28?,29-,30?/m0/s1. The maximum atomic E-state index is 14.7. The molecule has 1 spiro atoms. The van der Waals surface area contributed by atoms with Gasteiger partial charge in [-0.15, -0.1) is 5.10 Å². The molecule has 41 heavy (non-hydrogen) atoms. The summed E-state index contributed by atoms with van der Waals surface area (Å²) in [6.07, 6.45) is 5.04. The predicted octanol–water partition coefficient (Wildman–Crippen LogP) is 3.58. The van der Waals surface area contributed by atoms with E-state index in [4.69, 9.17) is 10.1 Å². The number of anilines is 1. The molecule has 1 saturated heterocycles. The van der Waals surface area contributed by atoms with Crippen molar-refractivity contribution in [3.05, 3.63) is 65.1 Å². The molecule has 214 valence electrons. The van der Waals surface area contributed by atoms with Crippen LogP contribution in [0.5, 0.6) is 0 Å². The fourth-order valence-electron chi connectivity index (χ4n) is 9.93. The third-order valence-corrected chi connectivity index (χ3v) is 12.6. The van der Waals surface area contributed by atoms with Crippen molar-refractivity contribution in [3.63, 3.8) is 0 Å². The van der Waals surface area contributed by atoms with E-state index in [0.29, 0.717) is 12.5 Å². The second-order valence-corrected chi connectivity index (χ2v) is 15.4. The Morgan fingerprint density at radius 2 is 1.76 bits per heavy atom. The highest BCUT2D eigenvalue weighted by molar-refractivity contribution is 7.90. The molecule has 1 aromatic carbocycles. The molecule has 0 bridgehead atoms. The summed E-state index contributed by atoms with van der Waals surface area (Å²) in [4.78, 5) is 14.1. The number of halogens is 2. The van der Waals surface area contributed by atoms with E-state index in [1.165, 1.54) is 24.5 Å². The SMILES string of the molecule is CC12C[C@H]3c4cc(-c5c(F)cccc5F)nnc4[C@@]4(c5ccnc(N6CCN(CCS(C)(=O)=O)CC6)n5)CC1(C)C324. The Bertz CT molecular complexity index is 1720. The van der Waals surface area contributed by atoms with Gasteiger partial charge in [-0.3, -0.25) is 4.90 Å². The zero-order valence-electron chi connectivity index (χ0n) is 23.4. The second kappa shape index (κ2) is 7.86. The van der Waals surface area contributed by atoms with Gasteiger partial charge in [0.25, 0.3) is 0 Å². The van der Waals surface area contributed by atoms with Gasteiger partial charge in [0.05, 0.1) is 33.8 Å². The Labute approximate surface area is 238 Å². The first kappa shape index (κ1) is 25.6. The van der Waals surface area contributed by atoms with Gasteiger partial charge in [0, 0.05) is 50.6 Å². The average Bonchev–Trinajstić information content (AvgIpc) is 3.09. The third kappa shape index (κ3) is 2.89. The molecule has 8 nitrogen and oxygen atoms in total. The normalized spacial score (nSPS) is 34.8. The molecule has 3 aromatic rings. The minimum atomic E-state index is -3.00. The van der Waals surface area contributed by atoms with E-state index in [1.807, 2.05) is 18.3 Å². The molecule has 3 unspecified atom stereocenters. The second-order valence-electron chi connectivity index (χ2n) is 13.1. The molecule has 5 atom stereocenters. The molecule has 11 heteroatoms. The van der Waals surface area contributed by atoms with Crippen LogP contribution in [0.3, 0.4) is 0 Å². The summed E-state index contributed by atoms with van der Waals surface area (Å²) in [6, 6.07) is 7.75. The molecule has 0 amide bonds. The molecule has 2 aromatic heterocycles. The van der Waals surface area contributed by atoms with Crippen LogP contribution in [0.25, 0.3) is 11.3 Å². The zero-order valence-corrected chi connectivity index (χ0v) is 24.2. The van der Waals surface area contributed by atoms with Gasteiger partial charge < -0.3 is 4.90 Å². The van der Waals surface area contributed by atoms with E-state index in [2.05, 4.69) is 33.7 Å². The maximum absolute atomic E-state index is 14.7. The van der Waals surface area contributed by atoms with Crippen molar-refractivity contribution in [2.75, 3.05) is 49.6 Å². The van der Waals surface area contributed by atoms with E-state index < -0.39 is 26.9 Å². The number of hydrogen-bond donors (Lipinski definition) is 0. The topological polar surface area (TPSA) is 92.2 Å². The van der Waals surface area contributed by atoms with Crippen molar-refractivity contribution >= 4 is 15.8 Å². The molecule has 1 aliphatic heterocycles. The molecule has 0 radical (unpaired) electrons. The minimum Gasteiger partial charge on any atom is -0.338 e. The van der Waals surface area contributed by atoms with Crippen LogP contribution in [0.1, 0.15) is 49.6 Å². The van der Waals surface area contributed by atoms with Crippen LogP contribution in [0.4, 0.5) is 14.7 Å². The lowest BCUT2D eigenvalue weighted by Crippen LogP contribution is -2.53. The molecule has 3 saturated carbocycles. The van der Waals surface area contributed by atoms with E-state index in [1.54, 1.807) is 0 Å². The highest BCUT2D eigenvalue weighted by atomic mass is 32.2. The van der Waals surface area contributed by atoms with E-state index in [9.17, 15) is 17.2 Å². The fraction of sp³-hybridized carbons (Fsp3) is 0.533. The van der Waals surface area contributed by atoms with Gasteiger partial charge in [-0.25, -0.2) is 27.2 Å². The quantitative estimate of drug-likeness (QED) is 0.439. The summed E-state index contributed by atoms with van der Waals surface area (Å²) in [7, 11) is -3.00. The van der Waals surface area contributed by atoms with Gasteiger partial charge in [-0.1, -0.05) is 19.9 Å². The van der Waals surface area contributed by atoms with Crippen LogP contribution in [-0.4, -0.2) is 78.2 Å². The lowest BCUT2D eigenvalue weighted by atomic mass is 9.49. The Hall–Kier alpha value is -3.05. The van der Waals surface area contributed by atoms with Crippen LogP contribution in [0.2, 0.25) is 0 Å². The lowest BCUT2D eigenvalue weighted by molar-refractivity contribution is 0.0309. The number of sulfone groups is 1. The molecule has 0 N–H and O–H groups in total. The van der Waals surface area contributed by atoms with Gasteiger partial charge >= 0.3 is 0 Å². The predicted molar refractivity (Wildman–Crippen MR) is 149 cm³/mol. The number of fused-ring (bicyclic) bond motifs is 4. The number of rotatable bonds is 6. The largest absolute Gasteiger partial charge is 0.338 e. The summed E-state index contributed by atoms with van der Waals surface area (Å²) in [5.74, 6) is -0.190. The first-order chi connectivity index (χ1) is 19.5. The molecule has 4 fully saturated rings. The fourth-order valence-corrected chi connectivity index (χ4v) is 10.5. The Morgan fingerprint density at radius 1 is 1.02 bits per heavy atom. The molecule has 3 heterocycles. The number of aromatic nitrogens is 4. The van der Waals surface area contributed by atoms with Crippen molar-refractivity contribution in [3.8, 4) is 11.3 Å². The van der Waals surface area contributed by atoms with Crippen molar-refractivity contribution in [2.45, 2.75) is 38.0 Å². The van der Waals surface area contributed by atoms with Gasteiger partial charge in [0.15, 0.2) is 0 Å². The van der Waals surface area contributed by atoms with Gasteiger partial charge in [0.2, 0.25) is 5.95 Å². The Morgan fingerprint density at radius 3 is 2.41 bits per heavy atom. The van der Waals surface area contributed by atoms with Crippen LogP contribution >= 0.6 is 0 Å². The van der Waals surface area contributed by atoms with Crippen molar-refractivity contribution in [1.29, 1.82) is 0 Å². The highest BCUT2D eigenvalue weighted by Crippen LogP contribution is 3.08. The summed E-state index contributed by atoms with van der Waals surface area (Å²) in [5.41, 5.74) is 2.90. The molecule has 5 aliphatic rings. The Kier molecular flexibility index (Phi) is 4.92. The van der Waals surface area contributed by atoms with Crippen molar-refractivity contribution < 1.29 is 17.2 Å². The Balaban J connectivity index is 1.15. The van der Waals surface area contributed by atoms with Gasteiger partial charge in [0.1, 0.15) is 21.5 Å². The first-order valence-corrected chi connectivity index (χ1v) is 16.3. The van der Waals surface area contributed by atoms with Crippen LogP contribution in [-0.2, 0) is 15.3 Å². The smallest absolute Gasteiger partial charge is 0.225 e. The number of nitrogens with zero attached hydrogens (tertiary/aromatic N) is 6. The number of piperazine rings is 1. The van der Waals surface area contributed by atoms with E-state index >= 15 is 0 Å². The summed E-state index contributed by atoms with van der Waals surface area (Å²) in [6.45, 7) is 8.22. The molecular weight excluding hydrogens is 546 g/mol. The highest BCUT2D eigenvalue weighted by Gasteiger charge is 3.05. The third-order valence-electron chi connectivity index (χ3n) is 11.7. The van der Waals surface area contributed by atoms with Crippen molar-refractivity contribution in [2.24, 2.45) is 16.2 Å². The molecule has 8 rings (SSSR count). The van der Waals surface area contributed by atoms with Crippen molar-refractivity contribution in [1.82, 2.24) is 25.1 Å². The van der Waals surface area contributed by atoms with E-state index in [0.717, 1.165) is 56.0 Å². The average molecular weight is 579 g/mol. The molecular formula is C30H32F2N6O2S. The monoisotopic (exact) mass is 578 g/mol. The lowest BCUT2D eigenvalue weighted by Gasteiger charge is -2.53. The summed E-state index contributed by atoms with van der Waals surface area (Å²) < 4.78 is 52.6. The number of hydrogen-bond acceptors (Lipinski definition) is 8. The van der Waals surface area contributed by atoms with E-state index in [-0.39, 0.29) is 39.2 Å². The first-order valence-electron chi connectivity index (χ1n) is 14.3. The minimum absolute atomic E-state index is 0.0214. The molecule has 4 aliphatic carbocycles. The van der Waals surface area contributed by atoms with Crippen LogP contribution < -0.4 is 4.90 Å². The van der Waals surface area contributed by atoms with Gasteiger partial charge in [-0.05, 0) is 59.4 Å². The summed E-state index contributed by atoms with van der Waals surface area (Å²) >= 11 is 0.